The van der Waals surface area contributed by atoms with Crippen molar-refractivity contribution in [2.75, 3.05) is 18.4 Å². The van der Waals surface area contributed by atoms with Crippen LogP contribution >= 0.6 is 0 Å². The van der Waals surface area contributed by atoms with Gasteiger partial charge in [0.2, 0.25) is 11.9 Å². The second-order valence-electron chi connectivity index (χ2n) is 4.10. The van der Waals surface area contributed by atoms with E-state index in [9.17, 15) is 9.18 Å². The molecule has 1 rings (SSSR count). The highest BCUT2D eigenvalue weighted by Gasteiger charge is 2.02. The molecule has 0 radical (unpaired) electrons. The van der Waals surface area contributed by atoms with Gasteiger partial charge in [-0.05, 0) is 5.92 Å². The molecule has 2 N–H and O–H groups in total. The number of hydrogen-bond acceptors (Lipinski definition) is 4. The third-order valence-electron chi connectivity index (χ3n) is 2.00. The molecule has 5 nitrogen and oxygen atoms in total. The lowest BCUT2D eigenvalue weighted by Crippen LogP contribution is -2.28. The Balaban J connectivity index is 2.21. The average molecular weight is 240 g/mol. The first-order chi connectivity index (χ1) is 8.08. The van der Waals surface area contributed by atoms with Gasteiger partial charge < -0.3 is 10.6 Å². The van der Waals surface area contributed by atoms with Gasteiger partial charge >= 0.3 is 0 Å². The SMILES string of the molecule is CC(C)CNC(=O)CCNc1cc(F)ncn1. The highest BCUT2D eigenvalue weighted by atomic mass is 19.1. The van der Waals surface area contributed by atoms with Crippen LogP contribution in [0.15, 0.2) is 12.4 Å². The van der Waals surface area contributed by atoms with E-state index in [0.717, 1.165) is 6.33 Å². The monoisotopic (exact) mass is 240 g/mol. The fourth-order valence-corrected chi connectivity index (χ4v) is 1.14. The van der Waals surface area contributed by atoms with Gasteiger partial charge in [0, 0.05) is 25.6 Å². The van der Waals surface area contributed by atoms with E-state index in [1.54, 1.807) is 0 Å². The number of rotatable bonds is 6. The van der Waals surface area contributed by atoms with Gasteiger partial charge in [0.05, 0.1) is 0 Å². The van der Waals surface area contributed by atoms with Gasteiger partial charge in [-0.3, -0.25) is 4.79 Å². The van der Waals surface area contributed by atoms with Gasteiger partial charge in [-0.2, -0.15) is 4.39 Å². The van der Waals surface area contributed by atoms with E-state index in [1.165, 1.54) is 6.07 Å². The molecule has 0 saturated heterocycles. The van der Waals surface area contributed by atoms with Gasteiger partial charge in [-0.15, -0.1) is 0 Å². The third-order valence-corrected chi connectivity index (χ3v) is 2.00. The fraction of sp³-hybridized carbons (Fsp3) is 0.545. The molecule has 1 heterocycles. The van der Waals surface area contributed by atoms with Crippen molar-refractivity contribution in [2.24, 2.45) is 5.92 Å². The van der Waals surface area contributed by atoms with Crippen LogP contribution in [0.3, 0.4) is 0 Å². The van der Waals surface area contributed by atoms with E-state index in [4.69, 9.17) is 0 Å². The number of anilines is 1. The van der Waals surface area contributed by atoms with Crippen LogP contribution in [0.5, 0.6) is 0 Å². The van der Waals surface area contributed by atoms with Crippen molar-refractivity contribution in [3.63, 3.8) is 0 Å². The Labute approximate surface area is 99.9 Å². The molecule has 6 heteroatoms. The zero-order chi connectivity index (χ0) is 12.7. The van der Waals surface area contributed by atoms with E-state index in [-0.39, 0.29) is 5.91 Å². The molecule has 0 unspecified atom stereocenters. The summed E-state index contributed by atoms with van der Waals surface area (Å²) in [6, 6.07) is 1.19. The minimum absolute atomic E-state index is 0.0271. The maximum Gasteiger partial charge on any atom is 0.221 e. The van der Waals surface area contributed by atoms with Gasteiger partial charge in [0.25, 0.3) is 0 Å². The maximum atomic E-state index is 12.7. The van der Waals surface area contributed by atoms with E-state index in [2.05, 4.69) is 20.6 Å². The van der Waals surface area contributed by atoms with Crippen LogP contribution < -0.4 is 10.6 Å². The quantitative estimate of drug-likeness (QED) is 0.733. The lowest BCUT2D eigenvalue weighted by atomic mass is 10.2. The molecule has 0 spiro atoms. The molecule has 0 fully saturated rings. The summed E-state index contributed by atoms with van der Waals surface area (Å²) in [5, 5.41) is 5.65. The Bertz CT molecular complexity index is 370. The number of carbonyl (C=O) groups is 1. The summed E-state index contributed by atoms with van der Waals surface area (Å²) in [5.74, 6) is 0.199. The van der Waals surface area contributed by atoms with Crippen molar-refractivity contribution in [3.8, 4) is 0 Å². The predicted molar refractivity (Wildman–Crippen MR) is 62.9 cm³/mol. The number of nitrogens with zero attached hydrogens (tertiary/aromatic N) is 2. The lowest BCUT2D eigenvalue weighted by Gasteiger charge is -2.08. The number of carbonyl (C=O) groups excluding carboxylic acids is 1. The number of aromatic nitrogens is 2. The average Bonchev–Trinajstić information content (AvgIpc) is 2.26. The van der Waals surface area contributed by atoms with Gasteiger partial charge in [-0.1, -0.05) is 13.8 Å². The standard InChI is InChI=1S/C11H17FN4O/c1-8(2)6-14-11(17)3-4-13-10-5-9(12)15-7-16-10/h5,7-8H,3-4,6H2,1-2H3,(H,14,17)(H,13,15,16). The van der Waals surface area contributed by atoms with Gasteiger partial charge in [-0.25, -0.2) is 9.97 Å². The Morgan fingerprint density at radius 3 is 2.88 bits per heavy atom. The molecule has 0 aromatic carbocycles. The minimum atomic E-state index is -0.591. The van der Waals surface area contributed by atoms with Crippen LogP contribution in [0, 0.1) is 11.9 Å². The largest absolute Gasteiger partial charge is 0.369 e. The van der Waals surface area contributed by atoms with Gasteiger partial charge in [0.15, 0.2) is 0 Å². The molecule has 94 valence electrons. The third kappa shape index (κ3) is 5.79. The molecule has 0 aliphatic heterocycles. The minimum Gasteiger partial charge on any atom is -0.369 e. The summed E-state index contributed by atoms with van der Waals surface area (Å²) >= 11 is 0. The van der Waals surface area contributed by atoms with E-state index in [0.29, 0.717) is 31.2 Å². The summed E-state index contributed by atoms with van der Waals surface area (Å²) in [6.45, 7) is 5.14. The summed E-state index contributed by atoms with van der Waals surface area (Å²) < 4.78 is 12.7. The molecule has 1 aromatic heterocycles. The van der Waals surface area contributed by atoms with Crippen LogP contribution in [0.25, 0.3) is 0 Å². The summed E-state index contributed by atoms with van der Waals surface area (Å²) in [5.41, 5.74) is 0. The Kier molecular flexibility index (Phi) is 5.32. The van der Waals surface area contributed by atoms with Crippen LogP contribution in [0.4, 0.5) is 10.2 Å². The molecule has 1 aromatic rings. The highest BCUT2D eigenvalue weighted by Crippen LogP contribution is 2.01. The molecular weight excluding hydrogens is 223 g/mol. The molecule has 0 bridgehead atoms. The zero-order valence-corrected chi connectivity index (χ0v) is 10.0. The fourth-order valence-electron chi connectivity index (χ4n) is 1.14. The Morgan fingerprint density at radius 2 is 2.24 bits per heavy atom. The number of hydrogen-bond donors (Lipinski definition) is 2. The van der Waals surface area contributed by atoms with Crippen LogP contribution in [0.2, 0.25) is 0 Å². The topological polar surface area (TPSA) is 66.9 Å². The zero-order valence-electron chi connectivity index (χ0n) is 10.0. The van der Waals surface area contributed by atoms with Crippen LogP contribution in [-0.4, -0.2) is 29.0 Å². The first kappa shape index (κ1) is 13.3. The number of halogens is 1. The normalized spacial score (nSPS) is 10.4. The lowest BCUT2D eigenvalue weighted by molar-refractivity contribution is -0.120. The summed E-state index contributed by atoms with van der Waals surface area (Å²) in [6.07, 6.45) is 1.47. The van der Waals surface area contributed by atoms with Crippen molar-refractivity contribution in [1.29, 1.82) is 0 Å². The number of nitrogens with one attached hydrogen (secondary N) is 2. The second kappa shape index (κ2) is 6.78. The summed E-state index contributed by atoms with van der Waals surface area (Å²) in [4.78, 5) is 18.5. The van der Waals surface area contributed by atoms with E-state index in [1.807, 2.05) is 13.8 Å². The van der Waals surface area contributed by atoms with Crippen LogP contribution in [-0.2, 0) is 4.79 Å². The van der Waals surface area contributed by atoms with Gasteiger partial charge in [0.1, 0.15) is 12.1 Å². The predicted octanol–water partition coefficient (Wildman–Crippen LogP) is 1.19. The Hall–Kier alpha value is -1.72. The molecule has 0 aliphatic rings. The molecule has 0 aliphatic carbocycles. The molecule has 1 amide bonds. The van der Waals surface area contributed by atoms with Crippen molar-refractivity contribution in [1.82, 2.24) is 15.3 Å². The van der Waals surface area contributed by atoms with E-state index >= 15 is 0 Å². The maximum absolute atomic E-state index is 12.7. The molecule has 0 saturated carbocycles. The number of amides is 1. The first-order valence-corrected chi connectivity index (χ1v) is 5.56. The van der Waals surface area contributed by atoms with Crippen molar-refractivity contribution in [3.05, 3.63) is 18.3 Å². The van der Waals surface area contributed by atoms with Crippen molar-refractivity contribution >= 4 is 11.7 Å². The first-order valence-electron chi connectivity index (χ1n) is 5.56. The molecule has 17 heavy (non-hydrogen) atoms. The molecular formula is C11H17FN4O. The van der Waals surface area contributed by atoms with E-state index < -0.39 is 5.95 Å². The highest BCUT2D eigenvalue weighted by molar-refractivity contribution is 5.76. The Morgan fingerprint density at radius 1 is 1.47 bits per heavy atom. The smallest absolute Gasteiger partial charge is 0.221 e. The van der Waals surface area contributed by atoms with Crippen LogP contribution in [0.1, 0.15) is 20.3 Å². The summed E-state index contributed by atoms with van der Waals surface area (Å²) in [7, 11) is 0. The molecule has 0 atom stereocenters. The van der Waals surface area contributed by atoms with Crippen molar-refractivity contribution in [2.45, 2.75) is 20.3 Å². The second-order valence-corrected chi connectivity index (χ2v) is 4.10. The van der Waals surface area contributed by atoms with Crippen molar-refractivity contribution < 1.29 is 9.18 Å².